The predicted molar refractivity (Wildman–Crippen MR) is 61.7 cm³/mol. The SMILES string of the molecule is CCC(NC)c1cnn(CC2CCC2)c1. The van der Waals surface area contributed by atoms with Crippen LogP contribution in [0, 0.1) is 5.92 Å². The standard InChI is InChI=1S/C12H21N3/c1-3-12(13-2)11-7-14-15(9-11)8-10-5-4-6-10/h7,9-10,12-13H,3-6,8H2,1-2H3. The van der Waals surface area contributed by atoms with E-state index in [0.717, 1.165) is 18.9 Å². The van der Waals surface area contributed by atoms with E-state index >= 15 is 0 Å². The van der Waals surface area contributed by atoms with Crippen molar-refractivity contribution in [1.82, 2.24) is 15.1 Å². The Labute approximate surface area is 91.9 Å². The van der Waals surface area contributed by atoms with Gasteiger partial charge in [0.25, 0.3) is 0 Å². The summed E-state index contributed by atoms with van der Waals surface area (Å²) in [6.45, 7) is 3.31. The molecule has 1 N–H and O–H groups in total. The minimum atomic E-state index is 0.458. The molecule has 0 aliphatic heterocycles. The third-order valence-corrected chi connectivity index (χ3v) is 3.48. The Morgan fingerprint density at radius 2 is 2.40 bits per heavy atom. The van der Waals surface area contributed by atoms with Crippen LogP contribution < -0.4 is 5.32 Å². The van der Waals surface area contributed by atoms with Gasteiger partial charge in [0, 0.05) is 24.3 Å². The second-order valence-electron chi connectivity index (χ2n) is 4.54. The first-order valence-electron chi connectivity index (χ1n) is 6.03. The van der Waals surface area contributed by atoms with Crippen LogP contribution >= 0.6 is 0 Å². The van der Waals surface area contributed by atoms with E-state index in [2.05, 4.69) is 28.2 Å². The largest absolute Gasteiger partial charge is 0.313 e. The smallest absolute Gasteiger partial charge is 0.0537 e. The van der Waals surface area contributed by atoms with E-state index in [1.54, 1.807) is 0 Å². The van der Waals surface area contributed by atoms with E-state index in [1.165, 1.54) is 24.8 Å². The van der Waals surface area contributed by atoms with Crippen LogP contribution in [0.25, 0.3) is 0 Å². The molecule has 2 rings (SSSR count). The molecule has 1 fully saturated rings. The molecule has 1 atom stereocenters. The Morgan fingerprint density at radius 3 is 2.93 bits per heavy atom. The number of rotatable bonds is 5. The van der Waals surface area contributed by atoms with E-state index in [0.29, 0.717) is 6.04 Å². The van der Waals surface area contributed by atoms with Crippen LogP contribution in [0.1, 0.15) is 44.2 Å². The van der Waals surface area contributed by atoms with Crippen LogP contribution in [0.15, 0.2) is 12.4 Å². The van der Waals surface area contributed by atoms with Crippen LogP contribution in [0.5, 0.6) is 0 Å². The molecule has 1 heterocycles. The molecule has 1 aliphatic rings. The summed E-state index contributed by atoms with van der Waals surface area (Å²) in [5.74, 6) is 0.882. The lowest BCUT2D eigenvalue weighted by molar-refractivity contribution is 0.266. The Bertz CT molecular complexity index is 298. The minimum Gasteiger partial charge on any atom is -0.313 e. The molecule has 1 aromatic rings. The first-order valence-corrected chi connectivity index (χ1v) is 6.03. The van der Waals surface area contributed by atoms with Gasteiger partial charge in [-0.1, -0.05) is 13.3 Å². The van der Waals surface area contributed by atoms with Crippen molar-refractivity contribution in [2.45, 2.75) is 45.2 Å². The molecule has 84 valence electrons. The highest BCUT2D eigenvalue weighted by molar-refractivity contribution is 5.09. The van der Waals surface area contributed by atoms with Gasteiger partial charge in [-0.15, -0.1) is 0 Å². The maximum absolute atomic E-state index is 4.43. The lowest BCUT2D eigenvalue weighted by Gasteiger charge is -2.24. The Hall–Kier alpha value is -0.830. The van der Waals surface area contributed by atoms with E-state index in [4.69, 9.17) is 0 Å². The van der Waals surface area contributed by atoms with Gasteiger partial charge in [0.1, 0.15) is 0 Å². The quantitative estimate of drug-likeness (QED) is 0.803. The highest BCUT2D eigenvalue weighted by Crippen LogP contribution is 2.28. The highest BCUT2D eigenvalue weighted by atomic mass is 15.3. The van der Waals surface area contributed by atoms with Crippen molar-refractivity contribution in [3.05, 3.63) is 18.0 Å². The van der Waals surface area contributed by atoms with Crippen molar-refractivity contribution in [3.63, 3.8) is 0 Å². The maximum Gasteiger partial charge on any atom is 0.0537 e. The van der Waals surface area contributed by atoms with E-state index in [1.807, 2.05) is 13.2 Å². The van der Waals surface area contributed by atoms with Gasteiger partial charge < -0.3 is 5.32 Å². The van der Waals surface area contributed by atoms with Gasteiger partial charge in [0.15, 0.2) is 0 Å². The Balaban J connectivity index is 1.95. The van der Waals surface area contributed by atoms with E-state index in [9.17, 15) is 0 Å². The Kier molecular flexibility index (Phi) is 3.41. The summed E-state index contributed by atoms with van der Waals surface area (Å²) in [4.78, 5) is 0. The van der Waals surface area contributed by atoms with E-state index < -0.39 is 0 Å². The first kappa shape index (κ1) is 10.7. The number of aromatic nitrogens is 2. The highest BCUT2D eigenvalue weighted by Gasteiger charge is 2.18. The summed E-state index contributed by atoms with van der Waals surface area (Å²) in [5.41, 5.74) is 1.32. The maximum atomic E-state index is 4.43. The summed E-state index contributed by atoms with van der Waals surface area (Å²) in [5, 5.41) is 7.74. The van der Waals surface area contributed by atoms with Gasteiger partial charge in [-0.05, 0) is 32.2 Å². The fraction of sp³-hybridized carbons (Fsp3) is 0.750. The number of nitrogens with one attached hydrogen (secondary N) is 1. The molecule has 0 radical (unpaired) electrons. The summed E-state index contributed by atoms with van der Waals surface area (Å²) in [7, 11) is 2.01. The molecular weight excluding hydrogens is 186 g/mol. The molecule has 0 spiro atoms. The zero-order valence-corrected chi connectivity index (χ0v) is 9.74. The average molecular weight is 207 g/mol. The van der Waals surface area contributed by atoms with Crippen molar-refractivity contribution >= 4 is 0 Å². The third kappa shape index (κ3) is 2.40. The second-order valence-corrected chi connectivity index (χ2v) is 4.54. The summed E-state index contributed by atoms with van der Waals surface area (Å²) < 4.78 is 2.11. The van der Waals surface area contributed by atoms with Crippen molar-refractivity contribution in [2.24, 2.45) is 5.92 Å². The molecule has 0 bridgehead atoms. The number of nitrogens with zero attached hydrogens (tertiary/aromatic N) is 2. The molecular formula is C12H21N3. The van der Waals surface area contributed by atoms with Gasteiger partial charge in [-0.2, -0.15) is 5.10 Å². The first-order chi connectivity index (χ1) is 7.33. The van der Waals surface area contributed by atoms with Crippen LogP contribution in [0.3, 0.4) is 0 Å². The van der Waals surface area contributed by atoms with Crippen LogP contribution in [-0.2, 0) is 6.54 Å². The van der Waals surface area contributed by atoms with Gasteiger partial charge in [-0.25, -0.2) is 0 Å². The molecule has 3 heteroatoms. The monoisotopic (exact) mass is 207 g/mol. The van der Waals surface area contributed by atoms with Gasteiger partial charge in [-0.3, -0.25) is 4.68 Å². The fourth-order valence-electron chi connectivity index (χ4n) is 2.21. The third-order valence-electron chi connectivity index (χ3n) is 3.48. The van der Waals surface area contributed by atoms with Crippen LogP contribution in [0.2, 0.25) is 0 Å². The summed E-state index contributed by atoms with van der Waals surface area (Å²) >= 11 is 0. The molecule has 1 saturated carbocycles. The lowest BCUT2D eigenvalue weighted by atomic mass is 9.85. The molecule has 15 heavy (non-hydrogen) atoms. The lowest BCUT2D eigenvalue weighted by Crippen LogP contribution is -2.18. The van der Waals surface area contributed by atoms with Crippen molar-refractivity contribution in [3.8, 4) is 0 Å². The predicted octanol–water partition coefficient (Wildman–Crippen LogP) is 2.35. The summed E-state index contributed by atoms with van der Waals surface area (Å²) in [6, 6.07) is 0.458. The average Bonchev–Trinajstić information content (AvgIpc) is 2.62. The van der Waals surface area contributed by atoms with E-state index in [-0.39, 0.29) is 0 Å². The van der Waals surface area contributed by atoms with Gasteiger partial charge in [0.2, 0.25) is 0 Å². The zero-order valence-electron chi connectivity index (χ0n) is 9.74. The molecule has 1 unspecified atom stereocenters. The van der Waals surface area contributed by atoms with Crippen molar-refractivity contribution < 1.29 is 0 Å². The van der Waals surface area contributed by atoms with Crippen molar-refractivity contribution in [1.29, 1.82) is 0 Å². The topological polar surface area (TPSA) is 29.9 Å². The Morgan fingerprint density at radius 1 is 1.60 bits per heavy atom. The van der Waals surface area contributed by atoms with Crippen LogP contribution in [0.4, 0.5) is 0 Å². The number of hydrogen-bond donors (Lipinski definition) is 1. The molecule has 0 amide bonds. The molecule has 0 aromatic carbocycles. The number of hydrogen-bond acceptors (Lipinski definition) is 2. The zero-order chi connectivity index (χ0) is 10.7. The fourth-order valence-corrected chi connectivity index (χ4v) is 2.21. The molecule has 1 aliphatic carbocycles. The van der Waals surface area contributed by atoms with Gasteiger partial charge in [0.05, 0.1) is 6.20 Å². The van der Waals surface area contributed by atoms with Crippen LogP contribution in [-0.4, -0.2) is 16.8 Å². The molecule has 0 saturated heterocycles. The molecule has 1 aromatic heterocycles. The molecule has 3 nitrogen and oxygen atoms in total. The normalized spacial score (nSPS) is 18.8. The van der Waals surface area contributed by atoms with Crippen molar-refractivity contribution in [2.75, 3.05) is 7.05 Å². The summed E-state index contributed by atoms with van der Waals surface area (Å²) in [6.07, 6.45) is 9.50. The minimum absolute atomic E-state index is 0.458. The van der Waals surface area contributed by atoms with Gasteiger partial charge >= 0.3 is 0 Å². The second kappa shape index (κ2) is 4.79.